The molecular weight excluding hydrogens is 1070 g/mol. The number of methoxy groups -OCH3 is 2. The number of anilines is 1. The average Bonchev–Trinajstić information content (AvgIpc) is 3.70. The third-order valence-corrected chi connectivity index (χ3v) is 14.5. The predicted molar refractivity (Wildman–Crippen MR) is 279 cm³/mol. The SMILES string of the molecule is COC(=O)N[C@H](C(=O)N[C@@H](Cc1ccc(C#Cc2ccc(N3CC4CCC(C3)N4C3COC3)nc2)cc1)[C@@H](O)CN(Cc1ccc(C(N)=CC=NCC(F)F)cc1)NC(=O)[C@@H](NC(=O)OC)C(C)(C)C(F)(F)F)C(C)(C)C(F)(F)F. The molecule has 6 rings (SSSR count). The van der Waals surface area contributed by atoms with Crippen molar-refractivity contribution in [1.82, 2.24) is 36.3 Å². The van der Waals surface area contributed by atoms with Crippen LogP contribution in [0.1, 0.15) is 68.4 Å². The van der Waals surface area contributed by atoms with Gasteiger partial charge in [-0.15, -0.1) is 0 Å². The fourth-order valence-corrected chi connectivity index (χ4v) is 9.38. The monoisotopic (exact) mass is 1130 g/mol. The molecular formula is C54H66F8N10O8. The lowest BCUT2D eigenvalue weighted by atomic mass is 9.82. The highest BCUT2D eigenvalue weighted by Gasteiger charge is 2.57. The molecule has 0 radical (unpaired) electrons. The molecule has 0 aliphatic carbocycles. The second-order valence-electron chi connectivity index (χ2n) is 20.8. The number of alkyl carbamates (subject to hydrolysis) is 2. The molecule has 4 amide bonds. The molecule has 4 heterocycles. The first-order valence-corrected chi connectivity index (χ1v) is 25.5. The van der Waals surface area contributed by atoms with Crippen LogP contribution >= 0.6 is 0 Å². The molecule has 18 nitrogen and oxygen atoms in total. The van der Waals surface area contributed by atoms with Crippen molar-refractivity contribution in [2.45, 2.75) is 115 Å². The standard InChI is InChI=1S/C54H66F8N10O8/c1-51(2,53(57,58)59)45(67-49(76)78-5)47(74)66-41(23-33-10-7-32(8-11-33)9-12-34-15-20-44(65-24-34)70-27-37-18-19-38(28-70)72(37)39-30-80-31-39)42(73)29-71(69-48(75)46(68-50(77)79-6)52(3,4)54(60,61)62)26-35-13-16-36(17-14-35)40(63)21-22-64-25-43(55)56/h7-8,10-11,13-17,20-22,24,37-39,41-43,45-46,73H,18-19,23,25-31,63H2,1-6H3,(H,66,74)(H,67,76)(H,68,77)(H,69,75)/t37?,38?,41-,42-,45+,46+/m0/s1. The molecule has 2 unspecified atom stereocenters. The minimum absolute atomic E-state index is 0.0996. The quantitative estimate of drug-likeness (QED) is 0.0326. The Balaban J connectivity index is 1.28. The first-order valence-electron chi connectivity index (χ1n) is 25.5. The molecule has 1 aromatic heterocycles. The van der Waals surface area contributed by atoms with Gasteiger partial charge >= 0.3 is 24.5 Å². The number of nitrogens with one attached hydrogen (secondary N) is 4. The minimum Gasteiger partial charge on any atom is -0.453 e. The molecule has 436 valence electrons. The molecule has 26 heteroatoms. The number of hydrogen-bond acceptors (Lipinski definition) is 14. The maximum atomic E-state index is 14.6. The number of hydrazine groups is 1. The van der Waals surface area contributed by atoms with Crippen molar-refractivity contribution < 1.29 is 73.6 Å². The number of nitrogens with zero attached hydrogens (tertiary/aromatic N) is 5. The number of piperazine rings is 1. The van der Waals surface area contributed by atoms with Gasteiger partial charge in [0, 0.05) is 67.5 Å². The van der Waals surface area contributed by atoms with Gasteiger partial charge in [0.25, 0.3) is 12.3 Å². The van der Waals surface area contributed by atoms with Gasteiger partial charge in [-0.2, -0.15) is 26.3 Å². The summed E-state index contributed by atoms with van der Waals surface area (Å²) >= 11 is 0. The van der Waals surface area contributed by atoms with E-state index in [1.165, 1.54) is 30.3 Å². The van der Waals surface area contributed by atoms with Gasteiger partial charge < -0.3 is 45.9 Å². The number of aliphatic hydroxyl groups is 1. The highest BCUT2D eigenvalue weighted by Crippen LogP contribution is 2.42. The summed E-state index contributed by atoms with van der Waals surface area (Å²) in [7, 11) is 1.73. The molecule has 3 aliphatic rings. The van der Waals surface area contributed by atoms with Gasteiger partial charge in [0.1, 0.15) is 17.9 Å². The van der Waals surface area contributed by atoms with E-state index in [1.807, 2.05) is 22.8 Å². The van der Waals surface area contributed by atoms with Crippen LogP contribution in [-0.2, 0) is 36.8 Å². The number of hydrogen-bond donors (Lipinski definition) is 6. The Bertz CT molecular complexity index is 2720. The van der Waals surface area contributed by atoms with E-state index in [9.17, 15) is 59.4 Å². The molecule has 6 atom stereocenters. The number of pyridine rings is 1. The average molecular weight is 1140 g/mol. The van der Waals surface area contributed by atoms with E-state index in [1.54, 1.807) is 30.5 Å². The van der Waals surface area contributed by atoms with Crippen molar-refractivity contribution in [3.63, 3.8) is 0 Å². The van der Waals surface area contributed by atoms with Crippen LogP contribution < -0.4 is 32.0 Å². The van der Waals surface area contributed by atoms with Crippen molar-refractivity contribution in [3.8, 4) is 11.8 Å². The number of aromatic nitrogens is 1. The van der Waals surface area contributed by atoms with Crippen molar-refractivity contribution >= 4 is 41.7 Å². The number of alkyl halides is 8. The van der Waals surface area contributed by atoms with Gasteiger partial charge in [0.05, 0.1) is 63.0 Å². The van der Waals surface area contributed by atoms with E-state index >= 15 is 0 Å². The predicted octanol–water partition coefficient (Wildman–Crippen LogP) is 5.72. The number of fused-ring (bicyclic) bond motifs is 2. The number of ether oxygens (including phenoxy) is 3. The molecule has 2 bridgehead atoms. The van der Waals surface area contributed by atoms with Crippen LogP contribution in [0.2, 0.25) is 0 Å². The molecule has 3 aliphatic heterocycles. The summed E-state index contributed by atoms with van der Waals surface area (Å²) in [5.74, 6) is 4.12. The first kappa shape index (κ1) is 62.1. The number of carbonyl (C=O) groups excluding carboxylic acids is 4. The summed E-state index contributed by atoms with van der Waals surface area (Å²) in [5, 5.41) is 19.3. The summed E-state index contributed by atoms with van der Waals surface area (Å²) in [6.45, 7) is 3.93. The van der Waals surface area contributed by atoms with E-state index in [4.69, 9.17) is 15.5 Å². The maximum Gasteiger partial charge on any atom is 0.407 e. The number of aliphatic hydroxyl groups excluding tert-OH is 1. The van der Waals surface area contributed by atoms with Crippen LogP contribution in [0.4, 0.5) is 50.5 Å². The van der Waals surface area contributed by atoms with Crippen molar-refractivity contribution in [2.24, 2.45) is 21.6 Å². The van der Waals surface area contributed by atoms with E-state index in [0.717, 1.165) is 70.4 Å². The Morgan fingerprint density at radius 1 is 0.800 bits per heavy atom. The lowest BCUT2D eigenvalue weighted by Crippen LogP contribution is -2.63. The Morgan fingerprint density at radius 3 is 1.84 bits per heavy atom. The van der Waals surface area contributed by atoms with Gasteiger partial charge in [-0.25, -0.2) is 28.4 Å². The molecule has 2 aromatic carbocycles. The van der Waals surface area contributed by atoms with E-state index < -0.39 is 97.5 Å². The minimum atomic E-state index is -5.10. The summed E-state index contributed by atoms with van der Waals surface area (Å²) in [6.07, 6.45) is -11.6. The zero-order valence-electron chi connectivity index (χ0n) is 44.8. The number of nitrogens with two attached hydrogens (primary N) is 1. The molecule has 3 aromatic rings. The second-order valence-corrected chi connectivity index (χ2v) is 20.8. The lowest BCUT2D eigenvalue weighted by molar-refractivity contribution is -0.221. The van der Waals surface area contributed by atoms with E-state index in [0.29, 0.717) is 73.6 Å². The lowest BCUT2D eigenvalue weighted by Gasteiger charge is -2.47. The third kappa shape index (κ3) is 15.8. The van der Waals surface area contributed by atoms with Gasteiger partial charge in [-0.1, -0.05) is 48.2 Å². The van der Waals surface area contributed by atoms with Gasteiger partial charge in [0.15, 0.2) is 0 Å². The molecule has 80 heavy (non-hydrogen) atoms. The molecule has 0 spiro atoms. The second kappa shape index (κ2) is 26.5. The van der Waals surface area contributed by atoms with Crippen LogP contribution in [-0.4, -0.2) is 165 Å². The van der Waals surface area contributed by atoms with Gasteiger partial charge in [-0.05, 0) is 94.0 Å². The Hall–Kier alpha value is -7.08. The smallest absolute Gasteiger partial charge is 0.407 e. The van der Waals surface area contributed by atoms with Crippen LogP contribution in [0.15, 0.2) is 77.9 Å². The van der Waals surface area contributed by atoms with Crippen molar-refractivity contribution in [3.05, 3.63) is 101 Å². The number of amides is 4. The Morgan fingerprint density at radius 2 is 1.34 bits per heavy atom. The van der Waals surface area contributed by atoms with Gasteiger partial charge in [-0.3, -0.25) is 24.9 Å². The number of carbonyl (C=O) groups is 4. The van der Waals surface area contributed by atoms with Crippen molar-refractivity contribution in [1.29, 1.82) is 0 Å². The topological polar surface area (TPSA) is 225 Å². The van der Waals surface area contributed by atoms with E-state index in [-0.39, 0.29) is 12.1 Å². The van der Waals surface area contributed by atoms with Gasteiger partial charge in [0.2, 0.25) is 5.91 Å². The zero-order valence-corrected chi connectivity index (χ0v) is 44.8. The van der Waals surface area contributed by atoms with E-state index in [2.05, 4.69) is 46.8 Å². The number of aliphatic imine (C=N–C) groups is 1. The normalized spacial score (nSPS) is 18.9. The Labute approximate surface area is 457 Å². The van der Waals surface area contributed by atoms with Crippen LogP contribution in [0.5, 0.6) is 0 Å². The number of allylic oxidation sites excluding steroid dienone is 1. The number of halogens is 8. The third-order valence-electron chi connectivity index (χ3n) is 14.5. The summed E-state index contributed by atoms with van der Waals surface area (Å²) in [4.78, 5) is 66.1. The molecule has 3 fully saturated rings. The fraction of sp³-hybridized carbons (Fsp3) is 0.519. The Kier molecular flexibility index (Phi) is 20.5. The summed E-state index contributed by atoms with van der Waals surface area (Å²) < 4.78 is 127. The first-order chi connectivity index (χ1) is 37.6. The number of benzene rings is 2. The fourth-order valence-electron chi connectivity index (χ4n) is 9.38. The summed E-state index contributed by atoms with van der Waals surface area (Å²) in [6, 6.07) is 11.1. The maximum absolute atomic E-state index is 14.6. The van der Waals surface area contributed by atoms with Crippen molar-refractivity contribution in [2.75, 3.05) is 58.5 Å². The van der Waals surface area contributed by atoms with Crippen LogP contribution in [0.3, 0.4) is 0 Å². The largest absolute Gasteiger partial charge is 0.453 e. The zero-order chi connectivity index (χ0) is 58.7. The highest BCUT2D eigenvalue weighted by atomic mass is 19.4. The van der Waals surface area contributed by atoms with Crippen LogP contribution in [0, 0.1) is 22.7 Å². The number of rotatable bonds is 21. The highest BCUT2D eigenvalue weighted by molar-refractivity contribution is 5.87. The summed E-state index contributed by atoms with van der Waals surface area (Å²) in [5.41, 5.74) is 4.83. The molecule has 3 saturated heterocycles. The molecule has 0 saturated carbocycles. The van der Waals surface area contributed by atoms with Crippen LogP contribution in [0.25, 0.3) is 5.70 Å². The molecule has 7 N–H and O–H groups in total.